The van der Waals surface area contributed by atoms with Gasteiger partial charge in [-0.15, -0.1) is 10.2 Å². The van der Waals surface area contributed by atoms with Crippen molar-refractivity contribution in [3.05, 3.63) is 40.7 Å². The SMILES string of the molecule is Cc1nnc(NC(=O)c2cc(-c3ccco3)nc3c2c(C)nn3C)s1. The number of nitrogens with zero attached hydrogens (tertiary/aromatic N) is 5. The van der Waals surface area contributed by atoms with Crippen molar-refractivity contribution in [3.8, 4) is 11.5 Å². The van der Waals surface area contributed by atoms with Crippen molar-refractivity contribution in [2.75, 3.05) is 5.32 Å². The molecule has 0 spiro atoms. The summed E-state index contributed by atoms with van der Waals surface area (Å²) in [4.78, 5) is 17.4. The fraction of sp³-hybridized carbons (Fsp3) is 0.188. The smallest absolute Gasteiger partial charge is 0.258 e. The fourth-order valence-electron chi connectivity index (χ4n) is 2.69. The van der Waals surface area contributed by atoms with Crippen LogP contribution < -0.4 is 5.32 Å². The lowest BCUT2D eigenvalue weighted by atomic mass is 10.1. The van der Waals surface area contributed by atoms with E-state index in [1.165, 1.54) is 11.3 Å². The number of rotatable bonds is 3. The number of hydrogen-bond donors (Lipinski definition) is 1. The van der Waals surface area contributed by atoms with Crippen LogP contribution in [0.25, 0.3) is 22.5 Å². The third-order valence-electron chi connectivity index (χ3n) is 3.73. The number of pyridine rings is 1. The number of aromatic nitrogens is 5. The predicted octanol–water partition coefficient (Wildman–Crippen LogP) is 2.95. The van der Waals surface area contributed by atoms with E-state index in [1.807, 2.05) is 13.8 Å². The number of fused-ring (bicyclic) bond motifs is 1. The minimum absolute atomic E-state index is 0.285. The molecule has 4 aromatic heterocycles. The van der Waals surface area contributed by atoms with E-state index in [-0.39, 0.29) is 5.91 Å². The molecule has 0 saturated carbocycles. The van der Waals surface area contributed by atoms with Crippen LogP contribution in [0.2, 0.25) is 0 Å². The van der Waals surface area contributed by atoms with Crippen LogP contribution in [0, 0.1) is 13.8 Å². The highest BCUT2D eigenvalue weighted by molar-refractivity contribution is 7.15. The highest BCUT2D eigenvalue weighted by Gasteiger charge is 2.20. The third kappa shape index (κ3) is 2.68. The molecule has 0 bridgehead atoms. The number of nitrogens with one attached hydrogen (secondary N) is 1. The molecular weight excluding hydrogens is 340 g/mol. The Kier molecular flexibility index (Phi) is 3.57. The number of aryl methyl sites for hydroxylation is 3. The normalized spacial score (nSPS) is 11.2. The Bertz CT molecular complexity index is 1080. The molecule has 0 aliphatic carbocycles. The molecule has 0 unspecified atom stereocenters. The van der Waals surface area contributed by atoms with Crippen molar-refractivity contribution in [1.29, 1.82) is 0 Å². The number of amides is 1. The molecule has 4 rings (SSSR count). The van der Waals surface area contributed by atoms with Crippen LogP contribution in [0.5, 0.6) is 0 Å². The zero-order valence-electron chi connectivity index (χ0n) is 13.8. The van der Waals surface area contributed by atoms with Gasteiger partial charge in [0.2, 0.25) is 5.13 Å². The molecule has 1 N–H and O–H groups in total. The number of furan rings is 1. The van der Waals surface area contributed by atoms with Crippen LogP contribution in [0.3, 0.4) is 0 Å². The van der Waals surface area contributed by atoms with Gasteiger partial charge in [0, 0.05) is 7.05 Å². The van der Waals surface area contributed by atoms with E-state index in [0.29, 0.717) is 33.2 Å². The summed E-state index contributed by atoms with van der Waals surface area (Å²) in [5, 5.41) is 17.0. The molecule has 0 aliphatic rings. The molecule has 4 aromatic rings. The summed E-state index contributed by atoms with van der Waals surface area (Å²) in [7, 11) is 1.80. The molecule has 4 heterocycles. The number of hydrogen-bond acceptors (Lipinski definition) is 7. The highest BCUT2D eigenvalue weighted by atomic mass is 32.1. The van der Waals surface area contributed by atoms with Gasteiger partial charge in [0.05, 0.1) is 22.9 Å². The van der Waals surface area contributed by atoms with Crippen molar-refractivity contribution < 1.29 is 9.21 Å². The van der Waals surface area contributed by atoms with Gasteiger partial charge in [-0.2, -0.15) is 5.10 Å². The number of carbonyl (C=O) groups excluding carboxylic acids is 1. The fourth-order valence-corrected chi connectivity index (χ4v) is 3.27. The summed E-state index contributed by atoms with van der Waals surface area (Å²) in [6.45, 7) is 3.68. The van der Waals surface area contributed by atoms with Crippen LogP contribution >= 0.6 is 11.3 Å². The molecule has 9 heteroatoms. The van der Waals surface area contributed by atoms with Crippen molar-refractivity contribution in [1.82, 2.24) is 25.0 Å². The van der Waals surface area contributed by atoms with E-state index in [1.54, 1.807) is 36.2 Å². The van der Waals surface area contributed by atoms with Crippen LogP contribution in [0.1, 0.15) is 21.1 Å². The molecule has 0 aliphatic heterocycles. The Morgan fingerprint density at radius 2 is 2.16 bits per heavy atom. The van der Waals surface area contributed by atoms with Crippen LogP contribution in [0.4, 0.5) is 5.13 Å². The molecular formula is C16H14N6O2S. The van der Waals surface area contributed by atoms with Gasteiger partial charge in [-0.05, 0) is 32.0 Å². The average Bonchev–Trinajstić information content (AvgIpc) is 3.30. The van der Waals surface area contributed by atoms with Crippen molar-refractivity contribution in [2.24, 2.45) is 7.05 Å². The molecule has 0 fully saturated rings. The first kappa shape index (κ1) is 15.5. The van der Waals surface area contributed by atoms with Gasteiger partial charge >= 0.3 is 0 Å². The predicted molar refractivity (Wildman–Crippen MR) is 93.5 cm³/mol. The molecule has 0 saturated heterocycles. The maximum Gasteiger partial charge on any atom is 0.258 e. The van der Waals surface area contributed by atoms with E-state index >= 15 is 0 Å². The van der Waals surface area contributed by atoms with Gasteiger partial charge in [0.15, 0.2) is 11.4 Å². The summed E-state index contributed by atoms with van der Waals surface area (Å²) >= 11 is 1.32. The number of carbonyl (C=O) groups is 1. The van der Waals surface area contributed by atoms with E-state index in [0.717, 1.165) is 10.7 Å². The highest BCUT2D eigenvalue weighted by Crippen LogP contribution is 2.28. The maximum absolute atomic E-state index is 12.9. The first-order valence-corrected chi connectivity index (χ1v) is 8.34. The zero-order valence-corrected chi connectivity index (χ0v) is 14.6. The molecule has 0 radical (unpaired) electrons. The van der Waals surface area contributed by atoms with Crippen molar-refractivity contribution >= 4 is 33.4 Å². The Morgan fingerprint density at radius 1 is 1.32 bits per heavy atom. The maximum atomic E-state index is 12.9. The zero-order chi connectivity index (χ0) is 17.6. The van der Waals surface area contributed by atoms with Gasteiger partial charge in [0.1, 0.15) is 10.7 Å². The van der Waals surface area contributed by atoms with Crippen molar-refractivity contribution in [3.63, 3.8) is 0 Å². The quantitative estimate of drug-likeness (QED) is 0.607. The second-order valence-electron chi connectivity index (χ2n) is 5.52. The van der Waals surface area contributed by atoms with Gasteiger partial charge < -0.3 is 4.42 Å². The lowest BCUT2D eigenvalue weighted by molar-refractivity contribution is 0.102. The van der Waals surface area contributed by atoms with E-state index < -0.39 is 0 Å². The summed E-state index contributed by atoms with van der Waals surface area (Å²) in [5.41, 5.74) is 2.38. The van der Waals surface area contributed by atoms with Crippen LogP contribution in [0.15, 0.2) is 28.9 Å². The Labute approximate surface area is 146 Å². The Balaban J connectivity index is 1.87. The first-order valence-electron chi connectivity index (χ1n) is 7.52. The minimum Gasteiger partial charge on any atom is -0.463 e. The van der Waals surface area contributed by atoms with Crippen LogP contribution in [-0.4, -0.2) is 30.9 Å². The monoisotopic (exact) mass is 354 g/mol. The summed E-state index contributed by atoms with van der Waals surface area (Å²) in [6, 6.07) is 5.28. The van der Waals surface area contributed by atoms with E-state index in [2.05, 4.69) is 25.6 Å². The summed E-state index contributed by atoms with van der Waals surface area (Å²) in [6.07, 6.45) is 1.57. The number of anilines is 1. The second-order valence-corrected chi connectivity index (χ2v) is 6.70. The second kappa shape index (κ2) is 5.78. The average molecular weight is 354 g/mol. The standard InChI is InChI=1S/C16H14N6O2S/c1-8-13-10(15(23)18-16-20-19-9(2)25-16)7-11(12-5-4-6-24-12)17-14(13)22(3)21-8/h4-7H,1-3H3,(H,18,20,23). The van der Waals surface area contributed by atoms with Gasteiger partial charge in [-0.3, -0.25) is 14.8 Å². The van der Waals surface area contributed by atoms with Crippen LogP contribution in [-0.2, 0) is 7.05 Å². The van der Waals surface area contributed by atoms with Crippen molar-refractivity contribution in [2.45, 2.75) is 13.8 Å². The van der Waals surface area contributed by atoms with Gasteiger partial charge in [-0.25, -0.2) is 4.98 Å². The Morgan fingerprint density at radius 3 is 2.84 bits per heavy atom. The Hall–Kier alpha value is -3.07. The van der Waals surface area contributed by atoms with E-state index in [4.69, 9.17) is 4.42 Å². The van der Waals surface area contributed by atoms with Gasteiger partial charge in [-0.1, -0.05) is 11.3 Å². The largest absolute Gasteiger partial charge is 0.463 e. The molecule has 8 nitrogen and oxygen atoms in total. The lowest BCUT2D eigenvalue weighted by Crippen LogP contribution is -2.13. The topological polar surface area (TPSA) is 98.7 Å². The molecule has 126 valence electrons. The molecule has 0 aromatic carbocycles. The summed E-state index contributed by atoms with van der Waals surface area (Å²) in [5.74, 6) is 0.300. The van der Waals surface area contributed by atoms with Gasteiger partial charge in [0.25, 0.3) is 5.91 Å². The molecule has 25 heavy (non-hydrogen) atoms. The van der Waals surface area contributed by atoms with E-state index in [9.17, 15) is 4.79 Å². The first-order chi connectivity index (χ1) is 12.0. The minimum atomic E-state index is -0.285. The lowest BCUT2D eigenvalue weighted by Gasteiger charge is -2.06. The third-order valence-corrected chi connectivity index (χ3v) is 4.49. The molecule has 0 atom stereocenters. The molecule has 1 amide bonds. The summed E-state index contributed by atoms with van der Waals surface area (Å²) < 4.78 is 7.08.